The van der Waals surface area contributed by atoms with E-state index in [-0.39, 0.29) is 11.9 Å². The van der Waals surface area contributed by atoms with Crippen LogP contribution in [0.4, 0.5) is 11.8 Å². The Morgan fingerprint density at radius 1 is 1.15 bits per heavy atom. The van der Waals surface area contributed by atoms with Crippen LogP contribution in [0, 0.1) is 6.92 Å². The van der Waals surface area contributed by atoms with Crippen molar-refractivity contribution in [3.8, 4) is 11.4 Å². The molecule has 2 aromatic carbocycles. The number of nitrogen functional groups attached to an aromatic ring is 2. The van der Waals surface area contributed by atoms with Gasteiger partial charge in [-0.05, 0) is 30.7 Å². The van der Waals surface area contributed by atoms with Crippen LogP contribution in [0.5, 0.6) is 5.75 Å². The molecule has 0 spiro atoms. The normalized spacial score (nSPS) is 16.2. The molecule has 4 N–H and O–H groups in total. The first-order valence-electron chi connectivity index (χ1n) is 8.49. The summed E-state index contributed by atoms with van der Waals surface area (Å²) in [5, 5.41) is 0.725. The van der Waals surface area contributed by atoms with E-state index in [0.717, 1.165) is 33.4 Å². The number of imidazole rings is 1. The van der Waals surface area contributed by atoms with Gasteiger partial charge in [0.2, 0.25) is 5.95 Å². The molecule has 4 aromatic rings. The molecule has 5 rings (SSSR count). The number of aromatic nitrogens is 4. The van der Waals surface area contributed by atoms with Crippen LogP contribution in [0.25, 0.3) is 27.6 Å². The molecule has 0 radical (unpaired) electrons. The van der Waals surface area contributed by atoms with Crippen molar-refractivity contribution in [2.24, 2.45) is 0 Å². The van der Waals surface area contributed by atoms with Gasteiger partial charge in [-0.3, -0.25) is 4.57 Å². The Kier molecular flexibility index (Phi) is 2.92. The molecule has 0 bridgehead atoms. The molecule has 0 fully saturated rings. The van der Waals surface area contributed by atoms with Gasteiger partial charge in [0.25, 0.3) is 0 Å². The fraction of sp³-hybridized carbons (Fsp3) is 0.211. The van der Waals surface area contributed by atoms with Crippen LogP contribution < -0.4 is 16.2 Å². The fourth-order valence-electron chi connectivity index (χ4n) is 3.74. The monoisotopic (exact) mass is 346 g/mol. The van der Waals surface area contributed by atoms with Gasteiger partial charge in [-0.25, -0.2) is 9.97 Å². The topological polar surface area (TPSA) is 105 Å². The number of anilines is 2. The molecule has 1 atom stereocenters. The number of fused-ring (bicyclic) bond motifs is 4. The van der Waals surface area contributed by atoms with Crippen LogP contribution >= 0.6 is 0 Å². The van der Waals surface area contributed by atoms with Crippen LogP contribution in [-0.4, -0.2) is 26.1 Å². The second-order valence-corrected chi connectivity index (χ2v) is 6.82. The van der Waals surface area contributed by atoms with Gasteiger partial charge in [0, 0.05) is 11.5 Å². The number of rotatable bonds is 1. The lowest BCUT2D eigenvalue weighted by molar-refractivity contribution is 0.340. The molecular weight excluding hydrogens is 328 g/mol. The zero-order valence-electron chi connectivity index (χ0n) is 14.5. The van der Waals surface area contributed by atoms with Crippen molar-refractivity contribution >= 4 is 33.7 Å². The first kappa shape index (κ1) is 14.9. The zero-order chi connectivity index (χ0) is 18.0. The van der Waals surface area contributed by atoms with Crippen molar-refractivity contribution in [3.63, 3.8) is 0 Å². The lowest BCUT2D eigenvalue weighted by atomic mass is 9.98. The second kappa shape index (κ2) is 5.08. The summed E-state index contributed by atoms with van der Waals surface area (Å²) in [6.07, 6.45) is 1.84. The summed E-state index contributed by atoms with van der Waals surface area (Å²) in [5.74, 6) is 1.47. The van der Waals surface area contributed by atoms with Gasteiger partial charge >= 0.3 is 0 Å². The maximum absolute atomic E-state index is 6.12. The van der Waals surface area contributed by atoms with Gasteiger partial charge in [0.1, 0.15) is 17.9 Å². The lowest BCUT2D eigenvalue weighted by Gasteiger charge is -2.15. The quantitative estimate of drug-likeness (QED) is 0.549. The van der Waals surface area contributed by atoms with E-state index in [1.54, 1.807) is 0 Å². The summed E-state index contributed by atoms with van der Waals surface area (Å²) in [4.78, 5) is 13.0. The first-order valence-corrected chi connectivity index (χ1v) is 8.49. The zero-order valence-corrected chi connectivity index (χ0v) is 14.5. The Bertz CT molecular complexity index is 1200. The average molecular weight is 346 g/mol. The van der Waals surface area contributed by atoms with E-state index in [1.807, 2.05) is 18.5 Å². The highest BCUT2D eigenvalue weighted by Crippen LogP contribution is 2.45. The Morgan fingerprint density at radius 2 is 2.00 bits per heavy atom. The Morgan fingerprint density at radius 3 is 2.85 bits per heavy atom. The smallest absolute Gasteiger partial charge is 0.222 e. The van der Waals surface area contributed by atoms with Gasteiger partial charge in [0.05, 0.1) is 34.2 Å². The standard InChI is InChI=1S/C19H18N6O/c1-9-3-4-11-13(5-9)25(8-22-11)14-6-12-16(18(20)24-19(21)23-12)17-15(14)10(2)7-26-17/h3-6,8,10H,7H2,1-2H3,(H4,20,21,23,24). The summed E-state index contributed by atoms with van der Waals surface area (Å²) in [7, 11) is 0. The minimum absolute atomic E-state index is 0.151. The predicted octanol–water partition coefficient (Wildman–Crippen LogP) is 2.94. The van der Waals surface area contributed by atoms with Crippen molar-refractivity contribution in [1.29, 1.82) is 0 Å². The summed E-state index contributed by atoms with van der Waals surface area (Å²) in [6, 6.07) is 8.21. The molecule has 3 heterocycles. The summed E-state index contributed by atoms with van der Waals surface area (Å²) < 4.78 is 8.07. The number of ether oxygens (including phenoxy) is 1. The number of nitrogens with two attached hydrogens (primary N) is 2. The largest absolute Gasteiger partial charge is 0.492 e. The van der Waals surface area contributed by atoms with Gasteiger partial charge in [-0.2, -0.15) is 4.98 Å². The van der Waals surface area contributed by atoms with Crippen LogP contribution in [0.2, 0.25) is 0 Å². The van der Waals surface area contributed by atoms with E-state index >= 15 is 0 Å². The highest BCUT2D eigenvalue weighted by molar-refractivity contribution is 5.98. The van der Waals surface area contributed by atoms with Crippen molar-refractivity contribution in [2.75, 3.05) is 18.1 Å². The molecule has 1 unspecified atom stereocenters. The molecule has 130 valence electrons. The summed E-state index contributed by atoms with van der Waals surface area (Å²) in [6.45, 7) is 4.80. The third kappa shape index (κ3) is 1.97. The molecule has 26 heavy (non-hydrogen) atoms. The average Bonchev–Trinajstić information content (AvgIpc) is 3.17. The van der Waals surface area contributed by atoms with Crippen molar-refractivity contribution in [3.05, 3.63) is 41.7 Å². The Labute approximate surface area is 149 Å². The van der Waals surface area contributed by atoms with E-state index in [2.05, 4.69) is 45.5 Å². The first-order chi connectivity index (χ1) is 12.5. The second-order valence-electron chi connectivity index (χ2n) is 6.82. The van der Waals surface area contributed by atoms with Crippen LogP contribution in [0.15, 0.2) is 30.6 Å². The molecule has 1 aliphatic heterocycles. The van der Waals surface area contributed by atoms with E-state index in [0.29, 0.717) is 17.9 Å². The number of aryl methyl sites for hydroxylation is 1. The van der Waals surface area contributed by atoms with Gasteiger partial charge in [-0.1, -0.05) is 13.0 Å². The maximum atomic E-state index is 6.12. The van der Waals surface area contributed by atoms with E-state index in [1.165, 1.54) is 5.56 Å². The van der Waals surface area contributed by atoms with Crippen LogP contribution in [-0.2, 0) is 0 Å². The van der Waals surface area contributed by atoms with E-state index in [9.17, 15) is 0 Å². The van der Waals surface area contributed by atoms with Gasteiger partial charge in [-0.15, -0.1) is 0 Å². The third-order valence-corrected chi connectivity index (χ3v) is 4.94. The summed E-state index contributed by atoms with van der Waals surface area (Å²) >= 11 is 0. The van der Waals surface area contributed by atoms with Crippen molar-refractivity contribution in [1.82, 2.24) is 19.5 Å². The van der Waals surface area contributed by atoms with E-state index in [4.69, 9.17) is 16.2 Å². The summed E-state index contributed by atoms with van der Waals surface area (Å²) in [5.41, 5.74) is 17.9. The minimum Gasteiger partial charge on any atom is -0.492 e. The molecular formula is C19H18N6O. The number of nitrogens with zero attached hydrogens (tertiary/aromatic N) is 4. The minimum atomic E-state index is 0.151. The van der Waals surface area contributed by atoms with Gasteiger partial charge in [0.15, 0.2) is 0 Å². The number of hydrogen-bond donors (Lipinski definition) is 2. The van der Waals surface area contributed by atoms with Crippen LogP contribution in [0.1, 0.15) is 24.0 Å². The molecule has 1 aliphatic rings. The Hall–Kier alpha value is -3.35. The SMILES string of the molecule is Cc1ccc2ncn(-c3cc4nc(N)nc(N)c4c4c3C(C)CO4)c2c1. The van der Waals surface area contributed by atoms with Crippen molar-refractivity contribution < 1.29 is 4.74 Å². The molecule has 0 aliphatic carbocycles. The number of benzene rings is 2. The highest BCUT2D eigenvalue weighted by atomic mass is 16.5. The predicted molar refractivity (Wildman–Crippen MR) is 102 cm³/mol. The third-order valence-electron chi connectivity index (χ3n) is 4.94. The molecule has 0 saturated heterocycles. The molecule has 7 heteroatoms. The molecule has 0 amide bonds. The molecule has 2 aromatic heterocycles. The van der Waals surface area contributed by atoms with Crippen molar-refractivity contribution in [2.45, 2.75) is 19.8 Å². The Balaban J connectivity index is 1.91. The van der Waals surface area contributed by atoms with E-state index < -0.39 is 0 Å². The fourth-order valence-corrected chi connectivity index (χ4v) is 3.74. The lowest BCUT2D eigenvalue weighted by Crippen LogP contribution is -2.04. The number of hydrogen-bond acceptors (Lipinski definition) is 6. The molecule has 0 saturated carbocycles. The highest BCUT2D eigenvalue weighted by Gasteiger charge is 2.29. The van der Waals surface area contributed by atoms with Gasteiger partial charge < -0.3 is 16.2 Å². The maximum Gasteiger partial charge on any atom is 0.222 e. The molecule has 7 nitrogen and oxygen atoms in total. The van der Waals surface area contributed by atoms with Crippen LogP contribution in [0.3, 0.4) is 0 Å².